The van der Waals surface area contributed by atoms with E-state index in [0.29, 0.717) is 24.7 Å². The number of nitrogens with two attached hydrogens (primary N) is 1. The predicted octanol–water partition coefficient (Wildman–Crippen LogP) is 3.76. The third kappa shape index (κ3) is 4.22. The molecule has 2 aliphatic rings. The summed E-state index contributed by atoms with van der Waals surface area (Å²) in [6.07, 6.45) is 2.59. The van der Waals surface area contributed by atoms with Crippen molar-refractivity contribution >= 4 is 5.91 Å². The van der Waals surface area contributed by atoms with E-state index < -0.39 is 17.3 Å². The minimum Gasteiger partial charge on any atom is -0.474 e. The summed E-state index contributed by atoms with van der Waals surface area (Å²) >= 11 is 0. The molecule has 0 bridgehead atoms. The van der Waals surface area contributed by atoms with Crippen LogP contribution in [0.5, 0.6) is 5.88 Å². The van der Waals surface area contributed by atoms with Gasteiger partial charge in [0.2, 0.25) is 11.8 Å². The number of pyridine rings is 1. The van der Waals surface area contributed by atoms with E-state index in [1.807, 2.05) is 26.0 Å². The monoisotopic (exact) mass is 520 g/mol. The van der Waals surface area contributed by atoms with Crippen LogP contribution in [0.2, 0.25) is 0 Å². The van der Waals surface area contributed by atoms with Crippen LogP contribution in [0.15, 0.2) is 53.3 Å². The van der Waals surface area contributed by atoms with Gasteiger partial charge in [0.1, 0.15) is 18.2 Å². The number of hydrogen-bond donors (Lipinski definition) is 1. The van der Waals surface area contributed by atoms with Crippen LogP contribution in [0.1, 0.15) is 29.9 Å². The summed E-state index contributed by atoms with van der Waals surface area (Å²) in [6.45, 7) is 4.64. The van der Waals surface area contributed by atoms with E-state index in [1.54, 1.807) is 17.0 Å². The molecule has 1 amide bonds. The molecule has 196 valence electrons. The van der Waals surface area contributed by atoms with Crippen molar-refractivity contribution in [1.82, 2.24) is 24.6 Å². The number of aryl methyl sites for hydroxylation is 1. The number of hydrogen-bond acceptors (Lipinski definition) is 7. The fourth-order valence-electron chi connectivity index (χ4n) is 5.02. The fourth-order valence-corrected chi connectivity index (χ4v) is 5.02. The van der Waals surface area contributed by atoms with Gasteiger partial charge in [0.15, 0.2) is 17.2 Å². The van der Waals surface area contributed by atoms with Crippen LogP contribution in [0.3, 0.4) is 0 Å². The van der Waals surface area contributed by atoms with Gasteiger partial charge in [-0.1, -0.05) is 0 Å². The summed E-state index contributed by atoms with van der Waals surface area (Å²) < 4.78 is 41.1. The number of amides is 1. The van der Waals surface area contributed by atoms with Gasteiger partial charge in [-0.05, 0) is 49.7 Å². The average molecular weight is 521 g/mol. The molecule has 4 aromatic rings. The Hall–Kier alpha value is -4.12. The maximum Gasteiger partial charge on any atom is 0.275 e. The minimum absolute atomic E-state index is 0.0188. The van der Waals surface area contributed by atoms with E-state index in [0.717, 1.165) is 11.1 Å². The third-order valence-corrected chi connectivity index (χ3v) is 7.17. The third-order valence-electron chi connectivity index (χ3n) is 7.17. The molecule has 6 rings (SSSR count). The zero-order valence-electron chi connectivity index (χ0n) is 21.1. The summed E-state index contributed by atoms with van der Waals surface area (Å²) in [5.74, 6) is -0.877. The van der Waals surface area contributed by atoms with Crippen molar-refractivity contribution < 1.29 is 22.7 Å². The van der Waals surface area contributed by atoms with Gasteiger partial charge in [0, 0.05) is 49.1 Å². The molecular weight excluding hydrogens is 494 g/mol. The molecule has 1 saturated heterocycles. The molecule has 0 radical (unpaired) electrons. The lowest BCUT2D eigenvalue weighted by molar-refractivity contribution is 0.0735. The summed E-state index contributed by atoms with van der Waals surface area (Å²) in [7, 11) is 1.52. The maximum atomic E-state index is 15.1. The average Bonchev–Trinajstić information content (AvgIpc) is 3.34. The lowest BCUT2D eigenvalue weighted by Gasteiger charge is -2.22. The van der Waals surface area contributed by atoms with Crippen LogP contribution in [-0.2, 0) is 12.6 Å². The van der Waals surface area contributed by atoms with Gasteiger partial charge in [-0.2, -0.15) is 5.10 Å². The van der Waals surface area contributed by atoms with Gasteiger partial charge in [-0.3, -0.25) is 9.48 Å². The Labute approximate surface area is 217 Å². The van der Waals surface area contributed by atoms with Crippen LogP contribution in [0, 0.1) is 23.5 Å². The molecule has 1 aliphatic carbocycles. The smallest absolute Gasteiger partial charge is 0.275 e. The van der Waals surface area contributed by atoms with Crippen molar-refractivity contribution in [3.05, 3.63) is 71.8 Å². The Bertz CT molecular complexity index is 1500. The van der Waals surface area contributed by atoms with Gasteiger partial charge in [0.05, 0.1) is 11.9 Å². The van der Waals surface area contributed by atoms with Crippen molar-refractivity contribution in [2.24, 2.45) is 24.6 Å². The molecule has 2 N–H and O–H groups in total. The van der Waals surface area contributed by atoms with Crippen LogP contribution in [-0.4, -0.2) is 49.7 Å². The number of aromatic nitrogens is 4. The number of rotatable bonds is 6. The van der Waals surface area contributed by atoms with Gasteiger partial charge < -0.3 is 19.8 Å². The molecule has 2 atom stereocenters. The zero-order valence-corrected chi connectivity index (χ0v) is 21.1. The Morgan fingerprint density at radius 3 is 2.50 bits per heavy atom. The first-order valence-corrected chi connectivity index (χ1v) is 12.3. The number of benzene rings is 1. The molecule has 0 spiro atoms. The van der Waals surface area contributed by atoms with Gasteiger partial charge in [-0.25, -0.2) is 18.7 Å². The second-order valence-corrected chi connectivity index (χ2v) is 10.4. The number of piperidine rings is 1. The lowest BCUT2D eigenvalue weighted by Crippen LogP contribution is -2.35. The number of carbonyl (C=O) groups is 1. The molecule has 38 heavy (non-hydrogen) atoms. The Morgan fingerprint density at radius 1 is 1.16 bits per heavy atom. The summed E-state index contributed by atoms with van der Waals surface area (Å²) in [6, 6.07) is 9.79. The Balaban J connectivity index is 1.17. The van der Waals surface area contributed by atoms with Crippen molar-refractivity contribution in [3.8, 4) is 28.7 Å². The molecule has 2 unspecified atom stereocenters. The van der Waals surface area contributed by atoms with Crippen molar-refractivity contribution in [2.45, 2.75) is 25.5 Å². The first-order valence-electron chi connectivity index (χ1n) is 12.3. The molecular formula is C27H26F2N6O3. The highest BCUT2D eigenvalue weighted by atomic mass is 19.1. The highest BCUT2D eigenvalue weighted by molar-refractivity contribution is 5.94. The van der Waals surface area contributed by atoms with Crippen molar-refractivity contribution in [3.63, 3.8) is 0 Å². The molecule has 11 heteroatoms. The highest BCUT2D eigenvalue weighted by Crippen LogP contribution is 2.48. The molecule has 1 saturated carbocycles. The van der Waals surface area contributed by atoms with Crippen LogP contribution in [0.4, 0.5) is 8.78 Å². The number of ether oxygens (including phenoxy) is 1. The molecule has 1 aliphatic heterocycles. The standard InChI is InChI=1S/C27H26F2N6O3/c1-27(2,30)15-10-19(14-4-6-16(28)7-5-14)32-20(11-15)38-24-17-12-35(13-18(17)24)26(36)23-21(29)22(33-34(23)3)25-31-8-9-37-25/h4-11,17-18,24H,12-13,30H2,1-3H3. The van der Waals surface area contributed by atoms with Crippen LogP contribution >= 0.6 is 0 Å². The van der Waals surface area contributed by atoms with E-state index in [1.165, 1.54) is 36.3 Å². The SMILES string of the molecule is Cn1nc(-c2ncco2)c(F)c1C(=O)N1CC2C(C1)C2Oc1cc(C(C)(C)N)cc(-c2ccc(F)cc2)n1. The molecule has 4 heterocycles. The maximum absolute atomic E-state index is 15.1. The van der Waals surface area contributed by atoms with Crippen molar-refractivity contribution in [2.75, 3.05) is 13.1 Å². The lowest BCUT2D eigenvalue weighted by atomic mass is 9.95. The van der Waals surface area contributed by atoms with Crippen LogP contribution in [0.25, 0.3) is 22.8 Å². The van der Waals surface area contributed by atoms with Gasteiger partial charge >= 0.3 is 0 Å². The molecule has 9 nitrogen and oxygen atoms in total. The van der Waals surface area contributed by atoms with E-state index in [2.05, 4.69) is 15.1 Å². The van der Waals surface area contributed by atoms with Crippen molar-refractivity contribution in [1.29, 1.82) is 0 Å². The first-order chi connectivity index (χ1) is 18.1. The second kappa shape index (κ2) is 8.73. The van der Waals surface area contributed by atoms with E-state index >= 15 is 4.39 Å². The topological polar surface area (TPSA) is 112 Å². The number of nitrogens with zero attached hydrogens (tertiary/aromatic N) is 5. The number of oxazole rings is 1. The van der Waals surface area contributed by atoms with Gasteiger partial charge in [-0.15, -0.1) is 0 Å². The number of fused-ring (bicyclic) bond motifs is 1. The largest absolute Gasteiger partial charge is 0.474 e. The predicted molar refractivity (Wildman–Crippen MR) is 133 cm³/mol. The molecule has 2 fully saturated rings. The van der Waals surface area contributed by atoms with E-state index in [4.69, 9.17) is 14.9 Å². The first kappa shape index (κ1) is 24.2. The van der Waals surface area contributed by atoms with Gasteiger partial charge in [0.25, 0.3) is 5.91 Å². The van der Waals surface area contributed by atoms with E-state index in [-0.39, 0.29) is 41.0 Å². The normalized spacial score (nSPS) is 20.5. The summed E-state index contributed by atoms with van der Waals surface area (Å²) in [4.78, 5) is 23.4. The highest BCUT2D eigenvalue weighted by Gasteiger charge is 2.59. The quantitative estimate of drug-likeness (QED) is 0.412. The Morgan fingerprint density at radius 2 is 1.87 bits per heavy atom. The van der Waals surface area contributed by atoms with E-state index in [9.17, 15) is 9.18 Å². The fraction of sp³-hybridized carbons (Fsp3) is 0.333. The summed E-state index contributed by atoms with van der Waals surface area (Å²) in [5, 5.41) is 4.09. The number of halogens is 2. The second-order valence-electron chi connectivity index (χ2n) is 10.4. The molecule has 3 aromatic heterocycles. The number of likely N-dealkylation sites (tertiary alicyclic amines) is 1. The molecule has 1 aromatic carbocycles. The zero-order chi connectivity index (χ0) is 26.8. The summed E-state index contributed by atoms with van der Waals surface area (Å²) in [5.41, 5.74) is 7.69. The minimum atomic E-state index is -0.757. The Kier molecular flexibility index (Phi) is 5.56. The van der Waals surface area contributed by atoms with Crippen LogP contribution < -0.4 is 10.5 Å². The number of carbonyl (C=O) groups excluding carboxylic acids is 1.